The van der Waals surface area contributed by atoms with Crippen molar-refractivity contribution in [3.05, 3.63) is 53.0 Å². The molecule has 0 atom stereocenters. The maximum atomic E-state index is 6.64. The molecular weight excluding hydrogens is 558 g/mol. The molecule has 13 heteroatoms. The Kier molecular flexibility index (Phi) is 7.01. The normalized spacial score (nSPS) is 11.4. The van der Waals surface area contributed by atoms with Gasteiger partial charge in [0.1, 0.15) is 87.4 Å². The van der Waals surface area contributed by atoms with Crippen molar-refractivity contribution in [2.75, 3.05) is 0 Å². The first-order valence-electron chi connectivity index (χ1n) is 12.2. The molecule has 3 nitrogen and oxygen atoms in total. The zero-order valence-corrected chi connectivity index (χ0v) is 23.1. The molecule has 0 bridgehead atoms. The van der Waals surface area contributed by atoms with Crippen LogP contribution in [0.4, 0.5) is 0 Å². The fourth-order valence-corrected chi connectivity index (χ4v) is 5.54. The minimum atomic E-state index is 0.0328. The summed E-state index contributed by atoms with van der Waals surface area (Å²) in [5.74, 6) is 0.187. The Morgan fingerprint density at radius 3 is 1.63 bits per heavy atom. The molecule has 0 fully saturated rings. The van der Waals surface area contributed by atoms with Crippen LogP contribution in [0.15, 0.2) is 57.4 Å². The number of rotatable bonds is 3. The molecule has 6 aromatic rings. The molecule has 0 saturated carbocycles. The molecule has 170 valence electrons. The van der Waals surface area contributed by atoms with Gasteiger partial charge in [-0.1, -0.05) is 69.2 Å². The molecule has 0 unspecified atom stereocenters. The van der Waals surface area contributed by atoms with Crippen LogP contribution in [0.25, 0.3) is 55.8 Å². The van der Waals surface area contributed by atoms with E-state index in [4.69, 9.17) is 85.0 Å². The van der Waals surface area contributed by atoms with Gasteiger partial charge in [0.05, 0.1) is 5.39 Å². The van der Waals surface area contributed by atoms with Crippen LogP contribution in [0.1, 0.15) is 0 Å². The number of hydrogen-bond donors (Lipinski definition) is 0. The molecule has 0 aliphatic rings. The second-order valence-corrected chi connectivity index (χ2v) is 10.4. The van der Waals surface area contributed by atoms with Crippen molar-refractivity contribution >= 4 is 158 Å². The van der Waals surface area contributed by atoms with Gasteiger partial charge >= 0.3 is 0 Å². The quantitative estimate of drug-likeness (QED) is 0.219. The first-order valence-corrected chi connectivity index (χ1v) is 13.0. The summed E-state index contributed by atoms with van der Waals surface area (Å²) >= 11 is 3.61. The zero-order valence-electron chi connectivity index (χ0n) is 21.5. The second-order valence-electron chi connectivity index (χ2n) is 9.50. The number of nitrogens with zero attached hydrogens (tertiary/aromatic N) is 2. The van der Waals surface area contributed by atoms with Gasteiger partial charge in [0.15, 0.2) is 11.4 Å². The van der Waals surface area contributed by atoms with Gasteiger partial charge in [-0.25, -0.2) is 9.97 Å². The third-order valence-electron chi connectivity index (χ3n) is 7.17. The second kappa shape index (κ2) is 10.3. The summed E-state index contributed by atoms with van der Waals surface area (Å²) in [4.78, 5) is 9.70. The summed E-state index contributed by atoms with van der Waals surface area (Å²) in [7, 11) is 57.2. The predicted molar refractivity (Wildman–Crippen MR) is 182 cm³/mol. The molecule has 0 aliphatic heterocycles. The van der Waals surface area contributed by atoms with Crippen LogP contribution in [-0.4, -0.2) is 80.6 Å². The Labute approximate surface area is 257 Å². The van der Waals surface area contributed by atoms with Crippen LogP contribution in [0.5, 0.6) is 0 Å². The molecule has 0 aliphatic carbocycles. The Hall–Kier alpha value is -3.18. The molecule has 0 spiro atoms. The van der Waals surface area contributed by atoms with Gasteiger partial charge in [-0.3, -0.25) is 0 Å². The summed E-state index contributed by atoms with van der Waals surface area (Å²) in [5.41, 5.74) is 3.96. The summed E-state index contributed by atoms with van der Waals surface area (Å²) in [6.07, 6.45) is 0. The number of furan rings is 1. The van der Waals surface area contributed by atoms with E-state index in [2.05, 4.69) is 15.9 Å². The Morgan fingerprint density at radius 2 is 1.05 bits per heavy atom. The average molecular weight is 566 g/mol. The van der Waals surface area contributed by atoms with E-state index in [1.165, 1.54) is 0 Å². The van der Waals surface area contributed by atoms with Crippen LogP contribution < -0.4 is 49.2 Å². The van der Waals surface area contributed by atoms with Gasteiger partial charge in [0.25, 0.3) is 0 Å². The van der Waals surface area contributed by atoms with Crippen LogP contribution >= 0.6 is 15.9 Å². The van der Waals surface area contributed by atoms with E-state index in [9.17, 15) is 0 Å². The fourth-order valence-electron chi connectivity index (χ4n) is 5.01. The lowest BCUT2D eigenvalue weighted by Gasteiger charge is -2.28. The lowest BCUT2D eigenvalue weighted by molar-refractivity contribution is 0.667. The maximum Gasteiger partial charge on any atom is 0.180 e. The SMILES string of the molecule is [B]c1c([B])c([B])c(-c2c([B])c([B])c(-c3nc(-c4ccccc4)c4oc5cccc(Br)c5c4n3)c([B])c2[B])c([B])c1[B]. The summed E-state index contributed by atoms with van der Waals surface area (Å²) in [6, 6.07) is 15.1. The van der Waals surface area contributed by atoms with Crippen molar-refractivity contribution in [3.63, 3.8) is 0 Å². The van der Waals surface area contributed by atoms with Crippen LogP contribution in [0.3, 0.4) is 0 Å². The van der Waals surface area contributed by atoms with Crippen molar-refractivity contribution in [3.8, 4) is 33.8 Å². The van der Waals surface area contributed by atoms with E-state index in [1.54, 1.807) is 0 Å². The molecule has 4 aromatic carbocycles. The van der Waals surface area contributed by atoms with Crippen molar-refractivity contribution in [1.82, 2.24) is 9.97 Å². The van der Waals surface area contributed by atoms with Gasteiger partial charge in [0.2, 0.25) is 0 Å². The standard InChI is InChI=1S/C28H8B9BrN2O/c29-16-13(14-18(31)22(35)24(37)23(36)19(14)32)17(30)21(34)15(20(16)33)28-39-25(9-5-2-1-3-6-9)27-26(40-28)12-10(38)7-4-8-11(12)41-27/h1-8H. The van der Waals surface area contributed by atoms with Crippen molar-refractivity contribution in [1.29, 1.82) is 0 Å². The lowest BCUT2D eigenvalue weighted by Crippen LogP contribution is -2.57. The van der Waals surface area contributed by atoms with Gasteiger partial charge in [-0.2, -0.15) is 0 Å². The first kappa shape index (κ1) is 28.0. The molecule has 6 rings (SSSR count). The Morgan fingerprint density at radius 1 is 0.537 bits per heavy atom. The Bertz CT molecular complexity index is 2000. The van der Waals surface area contributed by atoms with E-state index in [1.807, 2.05) is 48.5 Å². The van der Waals surface area contributed by atoms with Crippen molar-refractivity contribution in [2.24, 2.45) is 0 Å². The van der Waals surface area contributed by atoms with Gasteiger partial charge in [0, 0.05) is 15.6 Å². The summed E-state index contributed by atoms with van der Waals surface area (Å²) < 4.78 is 7.01. The number of fused-ring (bicyclic) bond motifs is 3. The minimum Gasteiger partial charge on any atom is -0.452 e. The van der Waals surface area contributed by atoms with Crippen molar-refractivity contribution < 1.29 is 4.42 Å². The van der Waals surface area contributed by atoms with Gasteiger partial charge < -0.3 is 4.42 Å². The zero-order chi connectivity index (χ0) is 29.3. The topological polar surface area (TPSA) is 38.9 Å². The molecule has 2 aromatic heterocycles. The van der Waals surface area contributed by atoms with E-state index in [0.717, 1.165) is 15.4 Å². The highest BCUT2D eigenvalue weighted by Gasteiger charge is 2.24. The number of aromatic nitrogens is 2. The molecule has 41 heavy (non-hydrogen) atoms. The third kappa shape index (κ3) is 4.22. The molecule has 0 amide bonds. The predicted octanol–water partition coefficient (Wildman–Crippen LogP) is -2.72. The van der Waals surface area contributed by atoms with E-state index in [-0.39, 0.29) is 71.7 Å². The molecule has 0 saturated heterocycles. The van der Waals surface area contributed by atoms with E-state index < -0.39 is 0 Å². The smallest absolute Gasteiger partial charge is 0.180 e. The number of halogens is 1. The monoisotopic (exact) mass is 566 g/mol. The largest absolute Gasteiger partial charge is 0.452 e. The maximum absolute atomic E-state index is 6.64. The van der Waals surface area contributed by atoms with E-state index >= 15 is 0 Å². The highest BCUT2D eigenvalue weighted by molar-refractivity contribution is 9.10. The minimum absolute atomic E-state index is 0.0328. The molecular formula is C28H8B9BrN2O. The highest BCUT2D eigenvalue weighted by Crippen LogP contribution is 2.38. The van der Waals surface area contributed by atoms with Crippen molar-refractivity contribution in [2.45, 2.75) is 0 Å². The summed E-state index contributed by atoms with van der Waals surface area (Å²) in [6.45, 7) is 0. The lowest BCUT2D eigenvalue weighted by atomic mass is 9.56. The molecule has 18 radical (unpaired) electrons. The van der Waals surface area contributed by atoms with Crippen LogP contribution in [0, 0.1) is 0 Å². The number of benzene rings is 4. The molecule has 0 N–H and O–H groups in total. The highest BCUT2D eigenvalue weighted by atomic mass is 79.9. The van der Waals surface area contributed by atoms with E-state index in [0.29, 0.717) is 22.4 Å². The average Bonchev–Trinajstić information content (AvgIpc) is 3.36. The molecule has 2 heterocycles. The van der Waals surface area contributed by atoms with Gasteiger partial charge in [-0.05, 0) is 39.2 Å². The van der Waals surface area contributed by atoms with Gasteiger partial charge in [-0.15, -0.1) is 16.4 Å². The first-order chi connectivity index (χ1) is 19.5. The third-order valence-corrected chi connectivity index (χ3v) is 7.83. The Balaban J connectivity index is 1.70. The number of hydrogen-bond acceptors (Lipinski definition) is 3. The van der Waals surface area contributed by atoms with Crippen LogP contribution in [0.2, 0.25) is 0 Å². The summed E-state index contributed by atoms with van der Waals surface area (Å²) in [5, 5.41) is 0.756. The van der Waals surface area contributed by atoms with Crippen LogP contribution in [-0.2, 0) is 0 Å². The fraction of sp³-hybridized carbons (Fsp3) is 0.